The number of rotatable bonds is 2. The lowest BCUT2D eigenvalue weighted by molar-refractivity contribution is -0.403. The molecule has 0 aromatic heterocycles. The van der Waals surface area contributed by atoms with Gasteiger partial charge in [0, 0.05) is 0 Å². The van der Waals surface area contributed by atoms with Crippen molar-refractivity contribution in [1.29, 1.82) is 0 Å². The Kier molecular flexibility index (Phi) is 2.33. The number of hydrogen-bond donors (Lipinski definition) is 1. The molecule has 0 saturated carbocycles. The summed E-state index contributed by atoms with van der Waals surface area (Å²) in [6, 6.07) is 0. The van der Waals surface area contributed by atoms with E-state index in [9.17, 15) is 10.1 Å². The fourth-order valence-corrected chi connectivity index (χ4v) is 0.174. The Hall–Kier alpha value is -1.32. The molecule has 0 spiro atoms. The van der Waals surface area contributed by atoms with Gasteiger partial charge >= 0.3 is 0 Å². The van der Waals surface area contributed by atoms with E-state index in [2.05, 4.69) is 6.58 Å². The van der Waals surface area contributed by atoms with Gasteiger partial charge in [0.25, 0.3) is 6.20 Å². The first-order chi connectivity index (χ1) is 3.66. The molecule has 0 aliphatic rings. The first-order valence-electron chi connectivity index (χ1n) is 1.90. The minimum atomic E-state index is -0.628. The molecule has 0 saturated heterocycles. The van der Waals surface area contributed by atoms with Crippen molar-refractivity contribution >= 4 is 0 Å². The minimum absolute atomic E-state index is 0.0648. The number of nitrogens with zero attached hydrogens (tertiary/aromatic N) is 1. The van der Waals surface area contributed by atoms with Gasteiger partial charge in [-0.3, -0.25) is 10.1 Å². The molecule has 0 aliphatic carbocycles. The average Bonchev–Trinajstić information content (AvgIpc) is 1.65. The summed E-state index contributed by atoms with van der Waals surface area (Å²) in [5, 5.41) is 9.57. The van der Waals surface area contributed by atoms with Gasteiger partial charge in [-0.15, -0.1) is 0 Å². The van der Waals surface area contributed by atoms with Gasteiger partial charge in [0.05, 0.1) is 4.92 Å². The second kappa shape index (κ2) is 2.79. The van der Waals surface area contributed by atoms with Gasteiger partial charge in [0.15, 0.2) is 0 Å². The molecule has 0 unspecified atom stereocenters. The summed E-state index contributed by atoms with van der Waals surface area (Å²) >= 11 is 0. The van der Waals surface area contributed by atoms with E-state index >= 15 is 0 Å². The standard InChI is InChI=1S/C4H6N2O2/c1-2-4(5)3-6(7)8/h2-3H,1,5H2/b4-3-. The highest BCUT2D eigenvalue weighted by molar-refractivity contribution is 5.07. The summed E-state index contributed by atoms with van der Waals surface area (Å²) in [6.45, 7) is 3.22. The molecule has 0 bridgehead atoms. The Bertz CT molecular complexity index is 139. The maximum Gasteiger partial charge on any atom is 0.257 e. The van der Waals surface area contributed by atoms with Crippen molar-refractivity contribution in [2.75, 3.05) is 0 Å². The number of allylic oxidation sites excluding steroid dienone is 1. The summed E-state index contributed by atoms with van der Waals surface area (Å²) in [5.41, 5.74) is 5.04. The van der Waals surface area contributed by atoms with Crippen LogP contribution < -0.4 is 5.73 Å². The minimum Gasteiger partial charge on any atom is -0.394 e. The highest BCUT2D eigenvalue weighted by Gasteiger charge is 1.87. The summed E-state index contributed by atoms with van der Waals surface area (Å²) in [7, 11) is 0. The second-order valence-corrected chi connectivity index (χ2v) is 1.12. The predicted octanol–water partition coefficient (Wildman–Crippen LogP) is 0.249. The van der Waals surface area contributed by atoms with Crippen LogP contribution in [0.15, 0.2) is 24.6 Å². The highest BCUT2D eigenvalue weighted by Crippen LogP contribution is 1.81. The molecule has 8 heavy (non-hydrogen) atoms. The lowest BCUT2D eigenvalue weighted by Crippen LogP contribution is -1.96. The van der Waals surface area contributed by atoms with Crippen molar-refractivity contribution in [2.45, 2.75) is 0 Å². The van der Waals surface area contributed by atoms with Crippen molar-refractivity contribution in [3.05, 3.63) is 34.7 Å². The van der Waals surface area contributed by atoms with Crippen LogP contribution in [-0.4, -0.2) is 4.92 Å². The van der Waals surface area contributed by atoms with Crippen molar-refractivity contribution < 1.29 is 4.92 Å². The van der Waals surface area contributed by atoms with Crippen LogP contribution in [0.1, 0.15) is 0 Å². The van der Waals surface area contributed by atoms with E-state index in [0.29, 0.717) is 6.20 Å². The molecule has 0 atom stereocenters. The molecule has 0 heterocycles. The number of nitrogens with two attached hydrogens (primary N) is 1. The molecule has 0 amide bonds. The lowest BCUT2D eigenvalue weighted by atomic mass is 10.5. The molecule has 4 heteroatoms. The van der Waals surface area contributed by atoms with Crippen LogP contribution in [0, 0.1) is 10.1 Å². The van der Waals surface area contributed by atoms with Gasteiger partial charge in [-0.25, -0.2) is 0 Å². The monoisotopic (exact) mass is 114 g/mol. The fourth-order valence-electron chi connectivity index (χ4n) is 0.174. The molecular weight excluding hydrogens is 108 g/mol. The molecule has 0 aliphatic heterocycles. The molecule has 0 radical (unpaired) electrons. The third kappa shape index (κ3) is 2.89. The Labute approximate surface area is 46.4 Å². The molecule has 0 rings (SSSR count). The normalized spacial score (nSPS) is 10.8. The quantitative estimate of drug-likeness (QED) is 0.318. The molecule has 4 nitrogen and oxygen atoms in total. The van der Waals surface area contributed by atoms with Gasteiger partial charge in [0.1, 0.15) is 5.70 Å². The van der Waals surface area contributed by atoms with Gasteiger partial charge in [-0.1, -0.05) is 6.58 Å². The summed E-state index contributed by atoms with van der Waals surface area (Å²) in [4.78, 5) is 8.94. The topological polar surface area (TPSA) is 69.2 Å². The zero-order valence-electron chi connectivity index (χ0n) is 4.20. The zero-order chi connectivity index (χ0) is 6.57. The SMILES string of the molecule is C=C/C(N)=C/[N+](=O)[O-]. The van der Waals surface area contributed by atoms with E-state index < -0.39 is 4.92 Å². The molecule has 2 N–H and O–H groups in total. The van der Waals surface area contributed by atoms with Gasteiger partial charge in [-0.2, -0.15) is 0 Å². The fraction of sp³-hybridized carbons (Fsp3) is 0. The first-order valence-corrected chi connectivity index (χ1v) is 1.90. The van der Waals surface area contributed by atoms with Crippen LogP contribution in [0.3, 0.4) is 0 Å². The van der Waals surface area contributed by atoms with Crippen molar-refractivity contribution in [1.82, 2.24) is 0 Å². The molecular formula is C4H6N2O2. The lowest BCUT2D eigenvalue weighted by Gasteiger charge is -1.81. The van der Waals surface area contributed by atoms with E-state index in [1.54, 1.807) is 0 Å². The smallest absolute Gasteiger partial charge is 0.257 e. The van der Waals surface area contributed by atoms with Crippen molar-refractivity contribution in [2.24, 2.45) is 5.73 Å². The first kappa shape index (κ1) is 6.68. The van der Waals surface area contributed by atoms with Gasteiger partial charge < -0.3 is 5.73 Å². The van der Waals surface area contributed by atoms with Gasteiger partial charge in [0.2, 0.25) is 0 Å². The second-order valence-electron chi connectivity index (χ2n) is 1.12. The van der Waals surface area contributed by atoms with Crippen LogP contribution in [-0.2, 0) is 0 Å². The van der Waals surface area contributed by atoms with Crippen LogP contribution in [0.5, 0.6) is 0 Å². The molecule has 0 aromatic carbocycles. The van der Waals surface area contributed by atoms with Gasteiger partial charge in [-0.05, 0) is 6.08 Å². The third-order valence-electron chi connectivity index (χ3n) is 0.490. The van der Waals surface area contributed by atoms with E-state index in [1.165, 1.54) is 6.08 Å². The summed E-state index contributed by atoms with van der Waals surface area (Å²) in [6.07, 6.45) is 1.90. The van der Waals surface area contributed by atoms with Crippen LogP contribution in [0.2, 0.25) is 0 Å². The van der Waals surface area contributed by atoms with Crippen molar-refractivity contribution in [3.8, 4) is 0 Å². The summed E-state index contributed by atoms with van der Waals surface area (Å²) in [5.74, 6) is 0. The highest BCUT2D eigenvalue weighted by atomic mass is 16.6. The predicted molar refractivity (Wildman–Crippen MR) is 29.5 cm³/mol. The Morgan fingerprint density at radius 3 is 2.50 bits per heavy atom. The van der Waals surface area contributed by atoms with Crippen LogP contribution >= 0.6 is 0 Å². The maximum absolute atomic E-state index is 9.57. The Morgan fingerprint density at radius 1 is 1.88 bits per heavy atom. The zero-order valence-corrected chi connectivity index (χ0v) is 4.20. The number of nitro groups is 1. The van der Waals surface area contributed by atoms with Crippen LogP contribution in [0.4, 0.5) is 0 Å². The molecule has 0 aromatic rings. The van der Waals surface area contributed by atoms with E-state index in [0.717, 1.165) is 0 Å². The largest absolute Gasteiger partial charge is 0.394 e. The third-order valence-corrected chi connectivity index (χ3v) is 0.490. The maximum atomic E-state index is 9.57. The Balaban J connectivity index is 3.94. The molecule has 44 valence electrons. The average molecular weight is 114 g/mol. The molecule has 0 fully saturated rings. The number of hydrogen-bond acceptors (Lipinski definition) is 3. The van der Waals surface area contributed by atoms with E-state index in [-0.39, 0.29) is 5.70 Å². The van der Waals surface area contributed by atoms with E-state index in [1.807, 2.05) is 0 Å². The van der Waals surface area contributed by atoms with Crippen LogP contribution in [0.25, 0.3) is 0 Å². The summed E-state index contributed by atoms with van der Waals surface area (Å²) < 4.78 is 0. The van der Waals surface area contributed by atoms with E-state index in [4.69, 9.17) is 5.73 Å². The Morgan fingerprint density at radius 2 is 2.38 bits per heavy atom. The van der Waals surface area contributed by atoms with Crippen molar-refractivity contribution in [3.63, 3.8) is 0 Å².